The number of pyridine rings is 1. The molecule has 2 heterocycles. The van der Waals surface area contributed by atoms with Crippen LogP contribution in [0.4, 0.5) is 14.6 Å². The van der Waals surface area contributed by atoms with Crippen LogP contribution >= 0.6 is 11.6 Å². The van der Waals surface area contributed by atoms with E-state index in [0.29, 0.717) is 6.54 Å². The van der Waals surface area contributed by atoms with Crippen molar-refractivity contribution in [2.75, 3.05) is 11.3 Å². The van der Waals surface area contributed by atoms with Crippen molar-refractivity contribution in [2.45, 2.75) is 30.9 Å². The first-order chi connectivity index (χ1) is 15.2. The van der Waals surface area contributed by atoms with E-state index >= 15 is 0 Å². The van der Waals surface area contributed by atoms with Gasteiger partial charge in [0.15, 0.2) is 0 Å². The highest BCUT2D eigenvalue weighted by atomic mass is 35.5. The Morgan fingerprint density at radius 3 is 2.75 bits per heavy atom. The standard InChI is InChI=1S/C22H20ClF2N3O3S/c1-13(15-5-2-4-14-8-9-26-12-16(14)15)31-19-11-18(24)20(10-17(19)23)32(29,30)28-22-7-3-6-21(25)27-22/h2-7,10-11,13,26H,8-9,12H2,1H3,(H,27,28)/t13-/m0/s1. The zero-order valence-electron chi connectivity index (χ0n) is 17.0. The maximum atomic E-state index is 14.8. The molecule has 10 heteroatoms. The zero-order valence-corrected chi connectivity index (χ0v) is 18.6. The number of hydrogen-bond donors (Lipinski definition) is 2. The molecule has 2 N–H and O–H groups in total. The van der Waals surface area contributed by atoms with Crippen LogP contribution < -0.4 is 14.8 Å². The number of nitrogens with one attached hydrogen (secondary N) is 2. The zero-order chi connectivity index (χ0) is 22.9. The summed E-state index contributed by atoms with van der Waals surface area (Å²) in [5.74, 6) is -2.20. The van der Waals surface area contributed by atoms with Crippen LogP contribution in [0, 0.1) is 11.8 Å². The summed E-state index contributed by atoms with van der Waals surface area (Å²) in [5, 5.41) is 3.25. The van der Waals surface area contributed by atoms with Gasteiger partial charge in [0.25, 0.3) is 10.0 Å². The monoisotopic (exact) mass is 479 g/mol. The van der Waals surface area contributed by atoms with Crippen LogP contribution in [0.25, 0.3) is 0 Å². The molecular formula is C22H20ClF2N3O3S. The number of rotatable bonds is 6. The van der Waals surface area contributed by atoms with Crippen molar-refractivity contribution in [1.82, 2.24) is 10.3 Å². The molecule has 0 amide bonds. The average molecular weight is 480 g/mol. The van der Waals surface area contributed by atoms with Crippen LogP contribution in [0.5, 0.6) is 5.75 Å². The average Bonchev–Trinajstić information content (AvgIpc) is 2.75. The minimum Gasteiger partial charge on any atom is -0.484 e. The second kappa shape index (κ2) is 9.01. The normalized spacial score (nSPS) is 14.5. The van der Waals surface area contributed by atoms with Gasteiger partial charge >= 0.3 is 0 Å². The maximum absolute atomic E-state index is 14.8. The molecule has 1 atom stereocenters. The fraction of sp³-hybridized carbons (Fsp3) is 0.227. The summed E-state index contributed by atoms with van der Waals surface area (Å²) in [7, 11) is -4.40. The van der Waals surface area contributed by atoms with Crippen LogP contribution in [-0.2, 0) is 23.0 Å². The number of fused-ring (bicyclic) bond motifs is 1. The summed E-state index contributed by atoms with van der Waals surface area (Å²) in [4.78, 5) is 2.72. The number of ether oxygens (including phenoxy) is 1. The molecule has 0 radical (unpaired) electrons. The molecule has 0 saturated carbocycles. The van der Waals surface area contributed by atoms with Crippen molar-refractivity contribution in [3.8, 4) is 5.75 Å². The van der Waals surface area contributed by atoms with Gasteiger partial charge in [-0.25, -0.2) is 17.8 Å². The fourth-order valence-corrected chi connectivity index (χ4v) is 5.00. The van der Waals surface area contributed by atoms with Gasteiger partial charge in [0.05, 0.1) is 5.02 Å². The highest BCUT2D eigenvalue weighted by molar-refractivity contribution is 7.92. The first-order valence-electron chi connectivity index (χ1n) is 9.87. The Labute approximate surface area is 189 Å². The topological polar surface area (TPSA) is 80.3 Å². The van der Waals surface area contributed by atoms with Gasteiger partial charge in [0, 0.05) is 12.6 Å². The van der Waals surface area contributed by atoms with E-state index in [9.17, 15) is 17.2 Å². The Bertz CT molecular complexity index is 1270. The lowest BCUT2D eigenvalue weighted by molar-refractivity contribution is 0.224. The van der Waals surface area contributed by atoms with Crippen molar-refractivity contribution in [1.29, 1.82) is 0 Å². The smallest absolute Gasteiger partial charge is 0.266 e. The molecule has 1 aliphatic heterocycles. The van der Waals surface area contributed by atoms with Gasteiger partial charge in [-0.15, -0.1) is 0 Å². The first-order valence-corrected chi connectivity index (χ1v) is 11.7. The third-order valence-electron chi connectivity index (χ3n) is 5.15. The molecule has 0 fully saturated rings. The van der Waals surface area contributed by atoms with Gasteiger partial charge in [-0.05, 0) is 54.8 Å². The molecule has 4 rings (SSSR count). The molecule has 3 aromatic rings. The second-order valence-electron chi connectivity index (χ2n) is 7.34. The number of halogens is 3. The molecule has 2 aromatic carbocycles. The van der Waals surface area contributed by atoms with Gasteiger partial charge in [-0.3, -0.25) is 4.72 Å². The van der Waals surface area contributed by atoms with E-state index in [1.165, 1.54) is 17.7 Å². The lowest BCUT2D eigenvalue weighted by atomic mass is 9.93. The minimum atomic E-state index is -4.40. The number of aromatic nitrogens is 1. The van der Waals surface area contributed by atoms with E-state index in [2.05, 4.69) is 16.4 Å². The quantitative estimate of drug-likeness (QED) is 0.505. The molecule has 0 aliphatic carbocycles. The molecule has 1 aromatic heterocycles. The number of anilines is 1. The van der Waals surface area contributed by atoms with E-state index < -0.39 is 32.8 Å². The molecular weight excluding hydrogens is 460 g/mol. The largest absolute Gasteiger partial charge is 0.484 e. The van der Waals surface area contributed by atoms with Crippen LogP contribution in [-0.4, -0.2) is 19.9 Å². The number of benzene rings is 2. The fourth-order valence-electron chi connectivity index (χ4n) is 3.64. The van der Waals surface area contributed by atoms with Crippen LogP contribution in [0.3, 0.4) is 0 Å². The van der Waals surface area contributed by atoms with Gasteiger partial charge in [0.2, 0.25) is 5.95 Å². The van der Waals surface area contributed by atoms with E-state index in [4.69, 9.17) is 16.3 Å². The van der Waals surface area contributed by atoms with E-state index in [1.807, 2.05) is 23.8 Å². The van der Waals surface area contributed by atoms with Crippen molar-refractivity contribution in [3.63, 3.8) is 0 Å². The summed E-state index contributed by atoms with van der Waals surface area (Å²) in [6, 6.07) is 11.4. The number of nitrogens with zero attached hydrogens (tertiary/aromatic N) is 1. The highest BCUT2D eigenvalue weighted by Crippen LogP contribution is 2.35. The molecule has 0 saturated heterocycles. The lowest BCUT2D eigenvalue weighted by Crippen LogP contribution is -2.25. The highest BCUT2D eigenvalue weighted by Gasteiger charge is 2.24. The van der Waals surface area contributed by atoms with Gasteiger partial charge in [-0.2, -0.15) is 4.39 Å². The Morgan fingerprint density at radius 1 is 1.19 bits per heavy atom. The third-order valence-corrected chi connectivity index (χ3v) is 6.82. The third kappa shape index (κ3) is 4.69. The predicted octanol–water partition coefficient (Wildman–Crippen LogP) is 4.60. The van der Waals surface area contributed by atoms with Crippen molar-refractivity contribution in [3.05, 3.63) is 82.0 Å². The van der Waals surface area contributed by atoms with Crippen molar-refractivity contribution in [2.24, 2.45) is 0 Å². The van der Waals surface area contributed by atoms with Gasteiger partial charge < -0.3 is 10.1 Å². The molecule has 1 aliphatic rings. The van der Waals surface area contributed by atoms with Crippen LogP contribution in [0.2, 0.25) is 5.02 Å². The van der Waals surface area contributed by atoms with E-state index in [1.54, 1.807) is 0 Å². The SMILES string of the molecule is C[C@H](Oc1cc(F)c(S(=O)(=O)Nc2cccc(F)n2)cc1Cl)c1cccc2c1CNCC2. The van der Waals surface area contributed by atoms with Crippen molar-refractivity contribution >= 4 is 27.4 Å². The molecule has 0 bridgehead atoms. The second-order valence-corrected chi connectivity index (χ2v) is 9.39. The maximum Gasteiger partial charge on any atom is 0.266 e. The first kappa shape index (κ1) is 22.4. The van der Waals surface area contributed by atoms with Crippen LogP contribution in [0.1, 0.15) is 29.7 Å². The molecule has 32 heavy (non-hydrogen) atoms. The molecule has 168 valence electrons. The Kier molecular flexibility index (Phi) is 6.32. The van der Waals surface area contributed by atoms with Gasteiger partial charge in [-0.1, -0.05) is 35.9 Å². The Balaban J connectivity index is 1.59. The summed E-state index contributed by atoms with van der Waals surface area (Å²) < 4.78 is 61.1. The molecule has 0 unspecified atom stereocenters. The number of hydrogen-bond acceptors (Lipinski definition) is 5. The molecule has 6 nitrogen and oxygen atoms in total. The summed E-state index contributed by atoms with van der Waals surface area (Å²) in [6.45, 7) is 3.43. The van der Waals surface area contributed by atoms with E-state index in [0.717, 1.165) is 42.3 Å². The summed E-state index contributed by atoms with van der Waals surface area (Å²) in [5.41, 5.74) is 3.31. The number of sulfonamides is 1. The lowest BCUT2D eigenvalue weighted by Gasteiger charge is -2.24. The van der Waals surface area contributed by atoms with Crippen molar-refractivity contribution < 1.29 is 21.9 Å². The van der Waals surface area contributed by atoms with Crippen LogP contribution in [0.15, 0.2) is 53.4 Å². The van der Waals surface area contributed by atoms with E-state index in [-0.39, 0.29) is 16.6 Å². The summed E-state index contributed by atoms with van der Waals surface area (Å²) in [6.07, 6.45) is 0.462. The Hall–Kier alpha value is -2.75. The Morgan fingerprint density at radius 2 is 1.97 bits per heavy atom. The van der Waals surface area contributed by atoms with Gasteiger partial charge in [0.1, 0.15) is 28.4 Å². The summed E-state index contributed by atoms with van der Waals surface area (Å²) >= 11 is 6.24. The molecule has 0 spiro atoms. The predicted molar refractivity (Wildman–Crippen MR) is 117 cm³/mol. The minimum absolute atomic E-state index is 0.0147.